The Morgan fingerprint density at radius 3 is 3.00 bits per heavy atom. The number of nitrogens with one attached hydrogen (secondary N) is 1. The largest absolute Gasteiger partial charge is 1.00 e. The van der Waals surface area contributed by atoms with Gasteiger partial charge in [-0.1, -0.05) is 5.21 Å². The van der Waals surface area contributed by atoms with Gasteiger partial charge in [-0.2, -0.15) is 5.21 Å². The SMILES string of the molecule is [1H+].c1nn[nH]n1. The van der Waals surface area contributed by atoms with Crippen LogP contribution in [0.1, 0.15) is 1.43 Å². The Morgan fingerprint density at radius 1 is 1.80 bits per heavy atom. The molecule has 1 N–H and O–H groups in total. The van der Waals surface area contributed by atoms with Gasteiger partial charge in [-0.15, -0.1) is 10.2 Å². The number of aromatic amines is 1. The van der Waals surface area contributed by atoms with Crippen molar-refractivity contribution in [1.29, 1.82) is 0 Å². The van der Waals surface area contributed by atoms with Gasteiger partial charge in [0.25, 0.3) is 0 Å². The molecule has 0 aliphatic rings. The predicted molar refractivity (Wildman–Crippen MR) is 15.3 cm³/mol. The molecule has 1 aromatic rings. The zero-order valence-electron chi connectivity index (χ0n) is 3.42. The summed E-state index contributed by atoms with van der Waals surface area (Å²) in [5, 5.41) is 12.2. The van der Waals surface area contributed by atoms with Crippen molar-refractivity contribution in [3.63, 3.8) is 0 Å². The topological polar surface area (TPSA) is 54.5 Å². The van der Waals surface area contributed by atoms with Gasteiger partial charge in [-0.3, -0.25) is 0 Å². The molecule has 4 nitrogen and oxygen atoms in total. The fraction of sp³-hybridized carbons (Fsp3) is 0. The molecule has 0 amide bonds. The van der Waals surface area contributed by atoms with Crippen LogP contribution in [0.15, 0.2) is 6.33 Å². The highest BCUT2D eigenvalue weighted by molar-refractivity contribution is 4.24. The van der Waals surface area contributed by atoms with Crippen molar-refractivity contribution in [2.24, 2.45) is 0 Å². The minimum atomic E-state index is 0. The van der Waals surface area contributed by atoms with Crippen molar-refractivity contribution in [1.82, 2.24) is 20.6 Å². The lowest BCUT2D eigenvalue weighted by Gasteiger charge is -1.44. The second kappa shape index (κ2) is 0.794. The number of hydrogen-bond donors (Lipinski definition) is 1. The van der Waals surface area contributed by atoms with Crippen LogP contribution in [0.5, 0.6) is 0 Å². The van der Waals surface area contributed by atoms with E-state index in [1.54, 1.807) is 0 Å². The van der Waals surface area contributed by atoms with Crippen LogP contribution in [0, 0.1) is 0 Å². The van der Waals surface area contributed by atoms with E-state index in [-0.39, 0.29) is 1.43 Å². The highest BCUT2D eigenvalue weighted by Crippen LogP contribution is 1.43. The van der Waals surface area contributed by atoms with Crippen molar-refractivity contribution < 1.29 is 1.43 Å². The lowest BCUT2D eigenvalue weighted by atomic mass is 11.4. The first-order valence-electron chi connectivity index (χ1n) is 1.16. The lowest BCUT2D eigenvalue weighted by Crippen LogP contribution is -1.64. The number of hydrogen-bond acceptors (Lipinski definition) is 3. The van der Waals surface area contributed by atoms with Gasteiger partial charge in [-0.05, 0) is 0 Å². The quantitative estimate of drug-likeness (QED) is 0.440. The number of aromatic nitrogens is 4. The third kappa shape index (κ3) is 0.212. The summed E-state index contributed by atoms with van der Waals surface area (Å²) < 4.78 is 0. The van der Waals surface area contributed by atoms with E-state index in [1.807, 2.05) is 0 Å². The maximum atomic E-state index is 3.38. The van der Waals surface area contributed by atoms with E-state index in [4.69, 9.17) is 0 Å². The molecule has 5 heavy (non-hydrogen) atoms. The van der Waals surface area contributed by atoms with Crippen molar-refractivity contribution in [2.45, 2.75) is 0 Å². The number of H-pyrrole nitrogens is 1. The molecule has 0 aliphatic heterocycles. The molecule has 0 bridgehead atoms. The first-order chi connectivity index (χ1) is 2.50. The van der Waals surface area contributed by atoms with Gasteiger partial charge in [0.2, 0.25) is 0 Å². The Morgan fingerprint density at radius 2 is 2.80 bits per heavy atom. The third-order valence-electron chi connectivity index (χ3n) is 0.270. The molecule has 1 heterocycles. The van der Waals surface area contributed by atoms with Crippen LogP contribution in [-0.2, 0) is 0 Å². The Labute approximate surface area is 29.7 Å². The second-order valence-corrected chi connectivity index (χ2v) is 0.560. The summed E-state index contributed by atoms with van der Waals surface area (Å²) in [6, 6.07) is 0. The molecular formula is CH3N4+. The average molecular weight is 71.1 g/mol. The predicted octanol–water partition coefficient (Wildman–Crippen LogP) is -0.688. The van der Waals surface area contributed by atoms with Crippen molar-refractivity contribution in [3.8, 4) is 0 Å². The fourth-order valence-electron chi connectivity index (χ4n) is 0.129. The van der Waals surface area contributed by atoms with Crippen LogP contribution in [0.3, 0.4) is 0 Å². The van der Waals surface area contributed by atoms with Crippen LogP contribution >= 0.6 is 0 Å². The molecule has 26 valence electrons. The third-order valence-corrected chi connectivity index (χ3v) is 0.270. The summed E-state index contributed by atoms with van der Waals surface area (Å²) in [4.78, 5) is 0. The zero-order chi connectivity index (χ0) is 3.54. The normalized spacial score (nSPS) is 8.00. The zero-order valence-corrected chi connectivity index (χ0v) is 2.42. The maximum absolute atomic E-state index is 3.38. The van der Waals surface area contributed by atoms with Gasteiger partial charge in [0.05, 0.1) is 0 Å². The van der Waals surface area contributed by atoms with Crippen molar-refractivity contribution >= 4 is 0 Å². The fourth-order valence-corrected chi connectivity index (χ4v) is 0.129. The Bertz CT molecular complexity index is 64.0. The summed E-state index contributed by atoms with van der Waals surface area (Å²) >= 11 is 0. The van der Waals surface area contributed by atoms with Crippen molar-refractivity contribution in [2.75, 3.05) is 0 Å². The number of nitrogens with zero attached hydrogens (tertiary/aromatic N) is 3. The molecule has 1 rings (SSSR count). The first-order valence-corrected chi connectivity index (χ1v) is 1.16. The van der Waals surface area contributed by atoms with Gasteiger partial charge >= 0.3 is 1.43 Å². The first kappa shape index (κ1) is 2.32. The molecule has 0 unspecified atom stereocenters. The molecule has 4 heteroatoms. The van der Waals surface area contributed by atoms with E-state index in [1.165, 1.54) is 6.33 Å². The molecule has 0 fully saturated rings. The van der Waals surface area contributed by atoms with E-state index in [0.717, 1.165) is 0 Å². The summed E-state index contributed by atoms with van der Waals surface area (Å²) in [6.07, 6.45) is 1.33. The molecule has 0 aromatic carbocycles. The highest BCUT2D eigenvalue weighted by atomic mass is 15.5. The molecular weight excluding hydrogens is 68.0 g/mol. The van der Waals surface area contributed by atoms with Crippen molar-refractivity contribution in [3.05, 3.63) is 6.33 Å². The molecule has 1 aromatic heterocycles. The van der Waals surface area contributed by atoms with Crippen LogP contribution in [0.2, 0.25) is 0 Å². The summed E-state index contributed by atoms with van der Waals surface area (Å²) in [5.74, 6) is 0. The standard InChI is InChI=1S/CH2N4/c1-2-4-5-3-1/h1H,(H,2,3,4,5)/p+1/i/hH. The van der Waals surface area contributed by atoms with Gasteiger partial charge in [0.15, 0.2) is 6.33 Å². The Hall–Kier alpha value is -0.930. The summed E-state index contributed by atoms with van der Waals surface area (Å²) in [5.41, 5.74) is 0. The monoisotopic (exact) mass is 71.0 g/mol. The van der Waals surface area contributed by atoms with Crippen LogP contribution in [-0.4, -0.2) is 20.6 Å². The Balaban J connectivity index is 0.000000250. The summed E-state index contributed by atoms with van der Waals surface area (Å²) in [6.45, 7) is 0. The van der Waals surface area contributed by atoms with Gasteiger partial charge in [-0.25, -0.2) is 0 Å². The molecule has 0 saturated heterocycles. The lowest BCUT2D eigenvalue weighted by molar-refractivity contribution is 0.881. The molecule has 0 atom stereocenters. The van der Waals surface area contributed by atoms with Crippen LogP contribution in [0.25, 0.3) is 0 Å². The average Bonchev–Trinajstić information content (AvgIpc) is 1.76. The van der Waals surface area contributed by atoms with E-state index < -0.39 is 0 Å². The Kier molecular flexibility index (Phi) is 0.368. The number of rotatable bonds is 0. The van der Waals surface area contributed by atoms with E-state index in [2.05, 4.69) is 20.6 Å². The minimum absolute atomic E-state index is 0. The number of tetrazole rings is 1. The van der Waals surface area contributed by atoms with E-state index >= 15 is 0 Å². The van der Waals surface area contributed by atoms with E-state index in [0.29, 0.717) is 0 Å². The summed E-state index contributed by atoms with van der Waals surface area (Å²) in [7, 11) is 0. The second-order valence-electron chi connectivity index (χ2n) is 0.560. The van der Waals surface area contributed by atoms with Crippen LogP contribution in [0.4, 0.5) is 0 Å². The molecule has 0 radical (unpaired) electrons. The molecule has 0 aliphatic carbocycles. The molecule has 0 saturated carbocycles. The highest BCUT2D eigenvalue weighted by Gasteiger charge is 1.58. The maximum Gasteiger partial charge on any atom is 1.00 e. The van der Waals surface area contributed by atoms with E-state index in [9.17, 15) is 0 Å². The van der Waals surface area contributed by atoms with Crippen LogP contribution < -0.4 is 0 Å². The molecule has 0 spiro atoms. The smallest absolute Gasteiger partial charge is 0.177 e. The van der Waals surface area contributed by atoms with Gasteiger partial charge in [0.1, 0.15) is 0 Å². The minimum Gasteiger partial charge on any atom is -0.177 e. The van der Waals surface area contributed by atoms with Gasteiger partial charge in [0, 0.05) is 0 Å². The van der Waals surface area contributed by atoms with Gasteiger partial charge < -0.3 is 0 Å².